The second-order valence-electron chi connectivity index (χ2n) is 3.94. The van der Waals surface area contributed by atoms with E-state index in [0.717, 1.165) is 6.54 Å². The molecule has 0 aromatic carbocycles. The number of rotatable bonds is 8. The van der Waals surface area contributed by atoms with Crippen LogP contribution in [0.1, 0.15) is 6.92 Å². The monoisotopic (exact) mass is 276 g/mol. The lowest BCUT2D eigenvalue weighted by Gasteiger charge is -2.10. The summed E-state index contributed by atoms with van der Waals surface area (Å²) < 4.78 is 32.9. The van der Waals surface area contributed by atoms with Crippen LogP contribution in [0.5, 0.6) is 0 Å². The van der Waals surface area contributed by atoms with Crippen LogP contribution in [0, 0.1) is 0 Å². The SMILES string of the molecule is CNCCn1cc(S(=O)(=O)NCC(C)OC)cn1. The second kappa shape index (κ2) is 6.83. The van der Waals surface area contributed by atoms with Crippen molar-refractivity contribution in [2.45, 2.75) is 24.5 Å². The maximum atomic E-state index is 11.9. The van der Waals surface area contributed by atoms with Gasteiger partial charge in [-0.25, -0.2) is 13.1 Å². The van der Waals surface area contributed by atoms with E-state index in [1.165, 1.54) is 19.5 Å². The van der Waals surface area contributed by atoms with Gasteiger partial charge in [-0.05, 0) is 14.0 Å². The first-order valence-corrected chi connectivity index (χ1v) is 7.17. The number of hydrogen-bond donors (Lipinski definition) is 2. The van der Waals surface area contributed by atoms with Crippen LogP contribution in [0.15, 0.2) is 17.3 Å². The molecule has 0 spiro atoms. The molecule has 1 aromatic heterocycles. The minimum atomic E-state index is -3.50. The quantitative estimate of drug-likeness (QED) is 0.663. The normalized spacial score (nSPS) is 13.7. The Morgan fingerprint density at radius 3 is 2.89 bits per heavy atom. The van der Waals surface area contributed by atoms with Gasteiger partial charge in [-0.2, -0.15) is 5.10 Å². The number of ether oxygens (including phenoxy) is 1. The molecule has 7 nitrogen and oxygen atoms in total. The van der Waals surface area contributed by atoms with Gasteiger partial charge >= 0.3 is 0 Å². The maximum absolute atomic E-state index is 11.9. The van der Waals surface area contributed by atoms with E-state index in [-0.39, 0.29) is 17.5 Å². The van der Waals surface area contributed by atoms with Crippen molar-refractivity contribution in [1.29, 1.82) is 0 Å². The molecule has 0 radical (unpaired) electrons. The van der Waals surface area contributed by atoms with E-state index in [0.29, 0.717) is 6.54 Å². The summed E-state index contributed by atoms with van der Waals surface area (Å²) in [6.07, 6.45) is 2.69. The topological polar surface area (TPSA) is 85.2 Å². The van der Waals surface area contributed by atoms with Gasteiger partial charge in [0.25, 0.3) is 0 Å². The zero-order valence-corrected chi connectivity index (χ0v) is 11.7. The number of nitrogens with one attached hydrogen (secondary N) is 2. The Morgan fingerprint density at radius 2 is 2.28 bits per heavy atom. The van der Waals surface area contributed by atoms with Gasteiger partial charge in [0.1, 0.15) is 4.90 Å². The van der Waals surface area contributed by atoms with Crippen molar-refractivity contribution in [2.24, 2.45) is 0 Å². The molecule has 1 aromatic rings. The van der Waals surface area contributed by atoms with Crippen molar-refractivity contribution in [3.8, 4) is 0 Å². The van der Waals surface area contributed by atoms with E-state index in [9.17, 15) is 8.42 Å². The molecular weight excluding hydrogens is 256 g/mol. The molecule has 1 heterocycles. The summed E-state index contributed by atoms with van der Waals surface area (Å²) >= 11 is 0. The lowest BCUT2D eigenvalue weighted by molar-refractivity contribution is 0.122. The molecule has 0 fully saturated rings. The Balaban J connectivity index is 2.64. The van der Waals surface area contributed by atoms with Gasteiger partial charge in [0.05, 0.1) is 18.8 Å². The molecule has 1 rings (SSSR count). The third-order valence-electron chi connectivity index (χ3n) is 2.47. The first kappa shape index (κ1) is 15.1. The van der Waals surface area contributed by atoms with E-state index < -0.39 is 10.0 Å². The molecule has 8 heteroatoms. The van der Waals surface area contributed by atoms with E-state index in [4.69, 9.17) is 4.74 Å². The fraction of sp³-hybridized carbons (Fsp3) is 0.700. The Labute approximate surface area is 108 Å². The maximum Gasteiger partial charge on any atom is 0.243 e. The van der Waals surface area contributed by atoms with Gasteiger partial charge in [0, 0.05) is 26.4 Å². The van der Waals surface area contributed by atoms with Crippen LogP contribution >= 0.6 is 0 Å². The fourth-order valence-corrected chi connectivity index (χ4v) is 2.29. The van der Waals surface area contributed by atoms with Crippen LogP contribution in [-0.4, -0.2) is 51.5 Å². The number of likely N-dealkylation sites (N-methyl/N-ethyl adjacent to an activating group) is 1. The van der Waals surface area contributed by atoms with E-state index >= 15 is 0 Å². The van der Waals surface area contributed by atoms with Crippen LogP contribution in [0.2, 0.25) is 0 Å². The van der Waals surface area contributed by atoms with Crippen LogP contribution in [0.3, 0.4) is 0 Å². The minimum absolute atomic E-state index is 0.167. The second-order valence-corrected chi connectivity index (χ2v) is 5.71. The highest BCUT2D eigenvalue weighted by Gasteiger charge is 2.17. The Bertz CT molecular complexity index is 457. The molecule has 2 N–H and O–H groups in total. The lowest BCUT2D eigenvalue weighted by atomic mass is 10.4. The van der Waals surface area contributed by atoms with Gasteiger partial charge in [0.15, 0.2) is 0 Å². The largest absolute Gasteiger partial charge is 0.380 e. The lowest BCUT2D eigenvalue weighted by Crippen LogP contribution is -2.31. The number of aromatic nitrogens is 2. The van der Waals surface area contributed by atoms with Crippen LogP contribution in [-0.2, 0) is 21.3 Å². The van der Waals surface area contributed by atoms with Crippen molar-refractivity contribution < 1.29 is 13.2 Å². The summed E-state index contributed by atoms with van der Waals surface area (Å²) in [5, 5.41) is 6.96. The molecule has 1 atom stereocenters. The molecule has 0 saturated heterocycles. The Morgan fingerprint density at radius 1 is 1.56 bits per heavy atom. The van der Waals surface area contributed by atoms with Crippen molar-refractivity contribution in [2.75, 3.05) is 27.2 Å². The molecule has 18 heavy (non-hydrogen) atoms. The molecule has 0 aliphatic carbocycles. The molecule has 0 bridgehead atoms. The first-order chi connectivity index (χ1) is 8.49. The van der Waals surface area contributed by atoms with Crippen molar-refractivity contribution in [3.05, 3.63) is 12.4 Å². The number of nitrogens with zero attached hydrogens (tertiary/aromatic N) is 2. The van der Waals surface area contributed by atoms with Crippen LogP contribution in [0.25, 0.3) is 0 Å². The highest BCUT2D eigenvalue weighted by atomic mass is 32.2. The van der Waals surface area contributed by atoms with Gasteiger partial charge in [-0.3, -0.25) is 4.68 Å². The Kier molecular flexibility index (Phi) is 5.73. The van der Waals surface area contributed by atoms with Crippen molar-refractivity contribution in [3.63, 3.8) is 0 Å². The van der Waals surface area contributed by atoms with Gasteiger partial charge in [-0.15, -0.1) is 0 Å². The summed E-state index contributed by atoms with van der Waals surface area (Å²) in [6, 6.07) is 0. The predicted molar refractivity (Wildman–Crippen MR) is 67.8 cm³/mol. The molecule has 0 amide bonds. The minimum Gasteiger partial charge on any atom is -0.380 e. The average molecular weight is 276 g/mol. The summed E-state index contributed by atoms with van der Waals surface area (Å²) in [5.74, 6) is 0. The fourth-order valence-electron chi connectivity index (χ4n) is 1.23. The number of sulfonamides is 1. The molecular formula is C10H20N4O3S. The van der Waals surface area contributed by atoms with Crippen molar-refractivity contribution >= 4 is 10.0 Å². The number of methoxy groups -OCH3 is 1. The third kappa shape index (κ3) is 4.37. The van der Waals surface area contributed by atoms with Gasteiger partial charge < -0.3 is 10.1 Å². The molecule has 104 valence electrons. The highest BCUT2D eigenvalue weighted by molar-refractivity contribution is 7.89. The molecule has 0 aliphatic heterocycles. The standard InChI is InChI=1S/C10H20N4O3S/c1-9(17-3)6-13-18(15,16)10-7-12-14(8-10)5-4-11-2/h7-9,11,13H,4-6H2,1-3H3. The number of hydrogen-bond acceptors (Lipinski definition) is 5. The van der Waals surface area contributed by atoms with Crippen LogP contribution < -0.4 is 10.0 Å². The average Bonchev–Trinajstić information content (AvgIpc) is 2.83. The van der Waals surface area contributed by atoms with E-state index in [1.54, 1.807) is 11.6 Å². The Hall–Kier alpha value is -0.960. The first-order valence-electron chi connectivity index (χ1n) is 5.69. The van der Waals surface area contributed by atoms with Gasteiger partial charge in [-0.1, -0.05) is 0 Å². The highest BCUT2D eigenvalue weighted by Crippen LogP contribution is 2.06. The van der Waals surface area contributed by atoms with Crippen LogP contribution in [0.4, 0.5) is 0 Å². The zero-order valence-electron chi connectivity index (χ0n) is 10.9. The van der Waals surface area contributed by atoms with E-state index in [2.05, 4.69) is 15.1 Å². The smallest absolute Gasteiger partial charge is 0.243 e. The molecule has 0 aliphatic rings. The van der Waals surface area contributed by atoms with E-state index in [1.807, 2.05) is 7.05 Å². The third-order valence-corrected chi connectivity index (χ3v) is 3.85. The molecule has 1 unspecified atom stereocenters. The van der Waals surface area contributed by atoms with Gasteiger partial charge in [0.2, 0.25) is 10.0 Å². The molecule has 0 saturated carbocycles. The summed E-state index contributed by atoms with van der Waals surface area (Å²) in [6.45, 7) is 3.38. The summed E-state index contributed by atoms with van der Waals surface area (Å²) in [5.41, 5.74) is 0. The zero-order chi connectivity index (χ0) is 13.6. The summed E-state index contributed by atoms with van der Waals surface area (Å²) in [4.78, 5) is 0.168. The summed E-state index contributed by atoms with van der Waals surface area (Å²) in [7, 11) is -0.139. The van der Waals surface area contributed by atoms with Crippen molar-refractivity contribution in [1.82, 2.24) is 19.8 Å². The predicted octanol–water partition coefficient (Wildman–Crippen LogP) is -0.584.